The zero-order chi connectivity index (χ0) is 22.0. The third-order valence-corrected chi connectivity index (χ3v) is 5.91. The number of pyridine rings is 2. The van der Waals surface area contributed by atoms with E-state index in [1.165, 1.54) is 0 Å². The van der Waals surface area contributed by atoms with E-state index >= 15 is 0 Å². The number of nitrogens with one attached hydrogen (secondary N) is 1. The third-order valence-electron chi connectivity index (χ3n) is 5.91. The lowest BCUT2D eigenvalue weighted by atomic mass is 9.98. The maximum atomic E-state index is 13.6. The second-order valence-electron chi connectivity index (χ2n) is 7.96. The molecule has 2 aromatic heterocycles. The SMILES string of the molecule is CC[C@H]1CCCCN1C(=O)c1cnc2nc(C)ccc2c1Nc1ccccc1C(N)=O. The topological polar surface area (TPSA) is 101 Å². The summed E-state index contributed by atoms with van der Waals surface area (Å²) in [7, 11) is 0. The van der Waals surface area contributed by atoms with Crippen LogP contribution in [0.15, 0.2) is 42.6 Å². The molecule has 3 N–H and O–H groups in total. The second-order valence-corrected chi connectivity index (χ2v) is 7.96. The summed E-state index contributed by atoms with van der Waals surface area (Å²) >= 11 is 0. The van der Waals surface area contributed by atoms with Crippen molar-refractivity contribution in [1.29, 1.82) is 0 Å². The number of amides is 2. The standard InChI is InChI=1S/C24H27N5O2/c1-3-16-8-6-7-13-29(16)24(31)19-14-26-23-18(12-11-15(2)27-23)21(19)28-20-10-5-4-9-17(20)22(25)30/h4-5,9-12,14,16H,3,6-8,13H2,1-2H3,(H2,25,30)(H,26,27,28)/t16-/m0/s1. The average Bonchev–Trinajstić information content (AvgIpc) is 2.78. The van der Waals surface area contributed by atoms with E-state index in [0.29, 0.717) is 28.1 Å². The Hall–Kier alpha value is -3.48. The van der Waals surface area contributed by atoms with Crippen molar-refractivity contribution in [3.63, 3.8) is 0 Å². The maximum absolute atomic E-state index is 13.6. The lowest BCUT2D eigenvalue weighted by Crippen LogP contribution is -2.43. The molecule has 0 radical (unpaired) electrons. The zero-order valence-electron chi connectivity index (χ0n) is 17.9. The Morgan fingerprint density at radius 3 is 2.74 bits per heavy atom. The first-order valence-electron chi connectivity index (χ1n) is 10.7. The molecular formula is C24H27N5O2. The summed E-state index contributed by atoms with van der Waals surface area (Å²) in [5, 5.41) is 4.03. The number of rotatable bonds is 5. The first kappa shape index (κ1) is 20.8. The van der Waals surface area contributed by atoms with Gasteiger partial charge in [0.15, 0.2) is 5.65 Å². The van der Waals surface area contributed by atoms with Crippen LogP contribution in [0.5, 0.6) is 0 Å². The van der Waals surface area contributed by atoms with Crippen LogP contribution >= 0.6 is 0 Å². The van der Waals surface area contributed by atoms with Crippen molar-refractivity contribution in [2.24, 2.45) is 5.73 Å². The fourth-order valence-electron chi connectivity index (χ4n) is 4.26. The van der Waals surface area contributed by atoms with E-state index in [0.717, 1.165) is 43.3 Å². The lowest BCUT2D eigenvalue weighted by Gasteiger charge is -2.35. The number of fused-ring (bicyclic) bond motifs is 1. The number of nitrogens with two attached hydrogens (primary N) is 1. The van der Waals surface area contributed by atoms with Gasteiger partial charge in [-0.2, -0.15) is 0 Å². The number of carbonyl (C=O) groups excluding carboxylic acids is 2. The zero-order valence-corrected chi connectivity index (χ0v) is 17.9. The summed E-state index contributed by atoms with van der Waals surface area (Å²) in [6, 6.07) is 11.0. The van der Waals surface area contributed by atoms with Crippen molar-refractivity contribution in [1.82, 2.24) is 14.9 Å². The van der Waals surface area contributed by atoms with Gasteiger partial charge in [-0.05, 0) is 56.9 Å². The Balaban J connectivity index is 1.85. The number of aryl methyl sites for hydroxylation is 1. The van der Waals surface area contributed by atoms with Gasteiger partial charge in [-0.1, -0.05) is 19.1 Å². The van der Waals surface area contributed by atoms with Crippen molar-refractivity contribution in [3.05, 3.63) is 59.4 Å². The summed E-state index contributed by atoms with van der Waals surface area (Å²) in [4.78, 5) is 36.5. The molecule has 1 fully saturated rings. The molecule has 0 saturated carbocycles. The van der Waals surface area contributed by atoms with Gasteiger partial charge < -0.3 is 16.0 Å². The van der Waals surface area contributed by atoms with E-state index < -0.39 is 5.91 Å². The molecule has 1 atom stereocenters. The highest BCUT2D eigenvalue weighted by atomic mass is 16.2. The Morgan fingerprint density at radius 2 is 1.97 bits per heavy atom. The highest BCUT2D eigenvalue weighted by Gasteiger charge is 2.29. The molecule has 3 aromatic rings. The van der Waals surface area contributed by atoms with Gasteiger partial charge in [0.2, 0.25) is 0 Å². The van der Waals surface area contributed by atoms with Gasteiger partial charge in [0.25, 0.3) is 11.8 Å². The van der Waals surface area contributed by atoms with E-state index in [4.69, 9.17) is 5.73 Å². The molecule has 0 unspecified atom stereocenters. The summed E-state index contributed by atoms with van der Waals surface area (Å²) in [5.41, 5.74) is 8.92. The normalized spacial score (nSPS) is 16.3. The van der Waals surface area contributed by atoms with Gasteiger partial charge in [-0.3, -0.25) is 9.59 Å². The van der Waals surface area contributed by atoms with Crippen LogP contribution in [0.3, 0.4) is 0 Å². The van der Waals surface area contributed by atoms with Crippen molar-refractivity contribution >= 4 is 34.2 Å². The van der Waals surface area contributed by atoms with E-state index in [-0.39, 0.29) is 11.9 Å². The van der Waals surface area contributed by atoms with Crippen LogP contribution in [0.25, 0.3) is 11.0 Å². The van der Waals surface area contributed by atoms with Crippen molar-refractivity contribution in [2.75, 3.05) is 11.9 Å². The number of nitrogens with zero attached hydrogens (tertiary/aromatic N) is 3. The minimum atomic E-state index is -0.537. The van der Waals surface area contributed by atoms with Crippen LogP contribution < -0.4 is 11.1 Å². The van der Waals surface area contributed by atoms with E-state index in [2.05, 4.69) is 22.2 Å². The molecule has 0 spiro atoms. The monoisotopic (exact) mass is 417 g/mol. The first-order valence-corrected chi connectivity index (χ1v) is 10.7. The number of anilines is 2. The Kier molecular flexibility index (Phi) is 5.84. The van der Waals surface area contributed by atoms with Gasteiger partial charge in [0, 0.05) is 29.9 Å². The number of likely N-dealkylation sites (tertiary alicyclic amines) is 1. The molecule has 160 valence electrons. The summed E-state index contributed by atoms with van der Waals surface area (Å²) in [5.74, 6) is -0.592. The predicted octanol–water partition coefficient (Wildman–Crippen LogP) is 4.19. The predicted molar refractivity (Wildman–Crippen MR) is 121 cm³/mol. The number of primary amides is 1. The van der Waals surface area contributed by atoms with Gasteiger partial charge in [0.05, 0.1) is 22.5 Å². The van der Waals surface area contributed by atoms with E-state index in [1.54, 1.807) is 24.4 Å². The summed E-state index contributed by atoms with van der Waals surface area (Å²) in [6.07, 6.45) is 5.65. The lowest BCUT2D eigenvalue weighted by molar-refractivity contribution is 0.0608. The number of benzene rings is 1. The van der Waals surface area contributed by atoms with Crippen molar-refractivity contribution < 1.29 is 9.59 Å². The van der Waals surface area contributed by atoms with Gasteiger partial charge in [-0.15, -0.1) is 0 Å². The largest absolute Gasteiger partial charge is 0.366 e. The third kappa shape index (κ3) is 4.08. The minimum Gasteiger partial charge on any atom is -0.366 e. The molecule has 2 amide bonds. The van der Waals surface area contributed by atoms with Crippen LogP contribution in [-0.2, 0) is 0 Å². The Morgan fingerprint density at radius 1 is 1.16 bits per heavy atom. The van der Waals surface area contributed by atoms with Gasteiger partial charge >= 0.3 is 0 Å². The Labute approximate surface area is 181 Å². The number of aromatic nitrogens is 2. The number of piperidine rings is 1. The fraction of sp³-hybridized carbons (Fsp3) is 0.333. The highest BCUT2D eigenvalue weighted by molar-refractivity contribution is 6.09. The number of hydrogen-bond acceptors (Lipinski definition) is 5. The molecular weight excluding hydrogens is 390 g/mol. The molecule has 31 heavy (non-hydrogen) atoms. The van der Waals surface area contributed by atoms with Crippen LogP contribution in [0.4, 0.5) is 11.4 Å². The van der Waals surface area contributed by atoms with Crippen LogP contribution in [0.2, 0.25) is 0 Å². The van der Waals surface area contributed by atoms with Crippen LogP contribution in [-0.4, -0.2) is 39.3 Å². The molecule has 1 saturated heterocycles. The maximum Gasteiger partial charge on any atom is 0.257 e. The number of para-hydroxylation sites is 1. The molecule has 7 nitrogen and oxygen atoms in total. The van der Waals surface area contributed by atoms with Crippen LogP contribution in [0.1, 0.15) is 59.0 Å². The van der Waals surface area contributed by atoms with Crippen LogP contribution in [0, 0.1) is 6.92 Å². The molecule has 3 heterocycles. The molecule has 1 aromatic carbocycles. The van der Waals surface area contributed by atoms with Crippen molar-refractivity contribution in [2.45, 2.75) is 45.6 Å². The first-order chi connectivity index (χ1) is 15.0. The van der Waals surface area contributed by atoms with Crippen molar-refractivity contribution in [3.8, 4) is 0 Å². The molecule has 1 aliphatic heterocycles. The van der Waals surface area contributed by atoms with E-state index in [1.807, 2.05) is 30.0 Å². The number of carbonyl (C=O) groups is 2. The number of hydrogen-bond donors (Lipinski definition) is 2. The molecule has 0 bridgehead atoms. The summed E-state index contributed by atoms with van der Waals surface area (Å²) in [6.45, 7) is 4.75. The molecule has 4 rings (SSSR count). The quantitative estimate of drug-likeness (QED) is 0.648. The highest BCUT2D eigenvalue weighted by Crippen LogP contribution is 2.32. The summed E-state index contributed by atoms with van der Waals surface area (Å²) < 4.78 is 0. The second kappa shape index (κ2) is 8.71. The minimum absolute atomic E-state index is 0.0550. The van der Waals surface area contributed by atoms with E-state index in [9.17, 15) is 9.59 Å². The van der Waals surface area contributed by atoms with Gasteiger partial charge in [-0.25, -0.2) is 9.97 Å². The fourth-order valence-corrected chi connectivity index (χ4v) is 4.26. The molecule has 7 heteroatoms. The smallest absolute Gasteiger partial charge is 0.257 e. The average molecular weight is 418 g/mol. The molecule has 1 aliphatic rings. The Bertz CT molecular complexity index is 1140. The van der Waals surface area contributed by atoms with Gasteiger partial charge in [0.1, 0.15) is 0 Å². The molecule has 0 aliphatic carbocycles.